The van der Waals surface area contributed by atoms with Crippen LogP contribution < -0.4 is 34.7 Å². The van der Waals surface area contributed by atoms with Crippen molar-refractivity contribution in [3.63, 3.8) is 0 Å². The number of hydrogen-bond acceptors (Lipinski definition) is 2. The van der Waals surface area contributed by atoms with Gasteiger partial charge in [0.15, 0.2) is 0 Å². The number of alkyl halides is 4. The van der Waals surface area contributed by atoms with E-state index in [1.54, 1.807) is 6.92 Å². The number of unbranched alkanes of at least 4 members (excludes halogenated alkanes) is 2. The molecule has 0 radical (unpaired) electrons. The Balaban J connectivity index is 0. The molecule has 2 nitrogen and oxygen atoms in total. The van der Waals surface area contributed by atoms with E-state index in [-0.39, 0.29) is 36.0 Å². The van der Waals surface area contributed by atoms with Crippen LogP contribution in [0.5, 0.6) is 0 Å². The molecule has 0 spiro atoms. The van der Waals surface area contributed by atoms with Gasteiger partial charge in [-0.3, -0.25) is 0 Å². The van der Waals surface area contributed by atoms with Crippen LogP contribution in [0.2, 0.25) is 0 Å². The van der Waals surface area contributed by atoms with E-state index in [0.717, 1.165) is 0 Å². The van der Waals surface area contributed by atoms with Crippen LogP contribution in [-0.4, -0.2) is 17.8 Å². The van der Waals surface area contributed by atoms with Crippen LogP contribution >= 0.6 is 0 Å². The molecule has 0 amide bonds. The topological polar surface area (TPSA) is 40.1 Å². The Morgan fingerprint density at radius 3 is 2.00 bits per heavy atom. The summed E-state index contributed by atoms with van der Waals surface area (Å²) in [7, 11) is 0. The molecular weight excluding hydrogens is 227 g/mol. The molecule has 0 rings (SSSR count). The minimum atomic E-state index is -5.08. The molecule has 0 aliphatic rings. The molecule has 84 valence electrons. The van der Waals surface area contributed by atoms with E-state index in [2.05, 4.69) is 0 Å². The maximum atomic E-state index is 12.6. The maximum Gasteiger partial charge on any atom is 1.00 e. The molecule has 0 bridgehead atoms. The fourth-order valence-electron chi connectivity index (χ4n) is 0.903. The van der Waals surface area contributed by atoms with Crippen molar-refractivity contribution in [2.45, 2.75) is 44.5 Å². The average molecular weight is 238 g/mol. The molecule has 15 heavy (non-hydrogen) atoms. The predicted octanol–water partition coefficient (Wildman–Crippen LogP) is -1.41. The van der Waals surface area contributed by atoms with Crippen LogP contribution in [0, 0.1) is 0 Å². The first-order valence-electron chi connectivity index (χ1n) is 4.22. The minimum Gasteiger partial charge on any atom is -0.544 e. The van der Waals surface area contributed by atoms with Crippen molar-refractivity contribution in [3.8, 4) is 0 Å². The van der Waals surface area contributed by atoms with Crippen molar-refractivity contribution in [3.05, 3.63) is 0 Å². The van der Waals surface area contributed by atoms with E-state index >= 15 is 0 Å². The number of carbonyl (C=O) groups excluding carboxylic acids is 1. The molecule has 0 N–H and O–H groups in total. The fourth-order valence-corrected chi connectivity index (χ4v) is 0.903. The van der Waals surface area contributed by atoms with Crippen LogP contribution in [0.25, 0.3) is 0 Å². The van der Waals surface area contributed by atoms with E-state index in [1.165, 1.54) is 0 Å². The summed E-state index contributed by atoms with van der Waals surface area (Å²) < 4.78 is 49.9. The number of carbonyl (C=O) groups is 1. The second-order valence-corrected chi connectivity index (χ2v) is 3.02. The summed E-state index contributed by atoms with van der Waals surface area (Å²) in [5, 5.41) is 9.76. The summed E-state index contributed by atoms with van der Waals surface area (Å²) in [4.78, 5) is 9.76. The molecule has 0 aliphatic carbocycles. The van der Waals surface area contributed by atoms with Crippen molar-refractivity contribution >= 4 is 5.97 Å². The second kappa shape index (κ2) is 6.70. The van der Waals surface area contributed by atoms with Gasteiger partial charge >= 0.3 is 41.4 Å². The Bertz CT molecular complexity index is 209. The molecule has 0 heterocycles. The quantitative estimate of drug-likeness (QED) is 0.324. The number of hydrogen-bond donors (Lipinski definition) is 0. The summed E-state index contributed by atoms with van der Waals surface area (Å²) >= 11 is 0. The van der Waals surface area contributed by atoms with Gasteiger partial charge in [0.2, 0.25) is 0 Å². The van der Waals surface area contributed by atoms with Crippen LogP contribution in [0.1, 0.15) is 32.6 Å². The molecule has 0 aromatic carbocycles. The number of halogens is 4. The number of carboxylic acids is 1. The number of rotatable bonds is 6. The third-order valence-corrected chi connectivity index (χ3v) is 1.81. The average Bonchev–Trinajstić information content (AvgIpc) is 2.04. The van der Waals surface area contributed by atoms with Crippen LogP contribution in [0.15, 0.2) is 0 Å². The molecule has 0 unspecified atom stereocenters. The van der Waals surface area contributed by atoms with E-state index in [4.69, 9.17) is 0 Å². The normalized spacial score (nSPS) is 12.1. The Labute approximate surface area is 107 Å². The van der Waals surface area contributed by atoms with Gasteiger partial charge in [0.05, 0.1) is 0 Å². The monoisotopic (exact) mass is 238 g/mol. The predicted molar refractivity (Wildman–Crippen MR) is 39.0 cm³/mol. The minimum absolute atomic E-state index is 0. The van der Waals surface area contributed by atoms with Gasteiger partial charge in [0, 0.05) is 6.42 Å². The third kappa shape index (κ3) is 4.70. The van der Waals surface area contributed by atoms with E-state index in [0.29, 0.717) is 12.8 Å². The van der Waals surface area contributed by atoms with E-state index in [9.17, 15) is 27.5 Å². The second-order valence-electron chi connectivity index (χ2n) is 3.02. The summed E-state index contributed by atoms with van der Waals surface area (Å²) in [6.45, 7) is 1.72. The van der Waals surface area contributed by atoms with E-state index < -0.39 is 24.2 Å². The maximum absolute atomic E-state index is 12.6. The van der Waals surface area contributed by atoms with Crippen molar-refractivity contribution in [1.29, 1.82) is 0 Å². The Morgan fingerprint density at radius 1 is 1.20 bits per heavy atom. The molecule has 0 aromatic heterocycles. The van der Waals surface area contributed by atoms with Crippen molar-refractivity contribution < 1.29 is 57.0 Å². The van der Waals surface area contributed by atoms with Crippen molar-refractivity contribution in [2.24, 2.45) is 0 Å². The molecule has 7 heteroatoms. The van der Waals surface area contributed by atoms with Gasteiger partial charge in [0.25, 0.3) is 0 Å². The zero-order valence-electron chi connectivity index (χ0n) is 8.66. The number of aliphatic carboxylic acids is 1. The van der Waals surface area contributed by atoms with Gasteiger partial charge in [0.1, 0.15) is 5.97 Å². The standard InChI is InChI=1S/C8H12F4O2.Na/c1-2-3-4-5-7(9,10)8(11,12)6(13)14;/h2-5H2,1H3,(H,13,14);/q;+1/p-1. The van der Waals surface area contributed by atoms with Crippen molar-refractivity contribution in [1.82, 2.24) is 0 Å². The summed E-state index contributed by atoms with van der Waals surface area (Å²) in [5.74, 6) is -12.6. The summed E-state index contributed by atoms with van der Waals surface area (Å²) in [5.41, 5.74) is 0. The van der Waals surface area contributed by atoms with Crippen LogP contribution in [0.3, 0.4) is 0 Å². The molecule has 0 saturated carbocycles. The first-order valence-corrected chi connectivity index (χ1v) is 4.22. The SMILES string of the molecule is CCCCCC(F)(F)C(F)(F)C(=O)[O-].[Na+]. The Morgan fingerprint density at radius 2 is 1.67 bits per heavy atom. The molecular formula is C8H11F4NaO2. The van der Waals surface area contributed by atoms with Gasteiger partial charge < -0.3 is 9.90 Å². The van der Waals surface area contributed by atoms with Gasteiger partial charge in [-0.25, -0.2) is 0 Å². The Kier molecular flexibility index (Phi) is 7.86. The molecule has 0 atom stereocenters. The smallest absolute Gasteiger partial charge is 0.544 e. The zero-order chi connectivity index (χ0) is 11.4. The third-order valence-electron chi connectivity index (χ3n) is 1.81. The van der Waals surface area contributed by atoms with Crippen LogP contribution in [0.4, 0.5) is 17.6 Å². The van der Waals surface area contributed by atoms with Gasteiger partial charge in [-0.1, -0.05) is 19.8 Å². The largest absolute Gasteiger partial charge is 1.00 e. The van der Waals surface area contributed by atoms with Gasteiger partial charge in [-0.15, -0.1) is 0 Å². The number of carboxylic acid groups (broad SMARTS) is 1. The van der Waals surface area contributed by atoms with Crippen molar-refractivity contribution in [2.75, 3.05) is 0 Å². The molecule has 0 fully saturated rings. The summed E-state index contributed by atoms with van der Waals surface area (Å²) in [6.07, 6.45) is -0.320. The Hall–Kier alpha value is 0.190. The fraction of sp³-hybridized carbons (Fsp3) is 0.875. The molecule has 0 aromatic rings. The molecule has 0 aliphatic heterocycles. The van der Waals surface area contributed by atoms with E-state index in [1.807, 2.05) is 0 Å². The van der Waals surface area contributed by atoms with Crippen LogP contribution in [-0.2, 0) is 4.79 Å². The first kappa shape index (κ1) is 17.6. The zero-order valence-corrected chi connectivity index (χ0v) is 10.7. The van der Waals surface area contributed by atoms with Gasteiger partial charge in [-0.2, -0.15) is 17.6 Å². The summed E-state index contributed by atoms with van der Waals surface area (Å²) in [6, 6.07) is 0. The first-order chi connectivity index (χ1) is 6.25. The van der Waals surface area contributed by atoms with Gasteiger partial charge in [-0.05, 0) is 6.42 Å². The molecule has 0 saturated heterocycles.